The van der Waals surface area contributed by atoms with E-state index in [-0.39, 0.29) is 0 Å². The van der Waals surface area contributed by atoms with E-state index < -0.39 is 0 Å². The third-order valence-corrected chi connectivity index (χ3v) is 2.92. The van der Waals surface area contributed by atoms with E-state index in [2.05, 4.69) is 68.8 Å². The van der Waals surface area contributed by atoms with E-state index in [0.717, 1.165) is 0 Å². The van der Waals surface area contributed by atoms with Crippen molar-refractivity contribution in [2.45, 2.75) is 27.7 Å². The number of aryl methyl sites for hydroxylation is 4. The van der Waals surface area contributed by atoms with Crippen molar-refractivity contribution >= 4 is 0 Å². The molecule has 2 rings (SSSR count). The number of hydrogen-bond acceptors (Lipinski definition) is 0. The van der Waals surface area contributed by atoms with E-state index in [1.54, 1.807) is 0 Å². The van der Waals surface area contributed by atoms with E-state index in [1.165, 1.54) is 28.1 Å². The van der Waals surface area contributed by atoms with Crippen molar-refractivity contribution in [1.82, 2.24) is 0 Å². The maximum atomic E-state index is 2.26. The summed E-state index contributed by atoms with van der Waals surface area (Å²) in [7, 11) is 0. The third-order valence-electron chi connectivity index (χ3n) is 2.92. The maximum absolute atomic E-state index is 2.26. The normalized spacial score (nSPS) is 10.5. The average molecular weight is 212 g/mol. The SMILES string of the molecule is Cc1ccc(C)c(-[n+]2cc(C)ccc2C)c1. The summed E-state index contributed by atoms with van der Waals surface area (Å²) in [6.45, 7) is 8.56. The van der Waals surface area contributed by atoms with Gasteiger partial charge in [0.05, 0.1) is 0 Å². The van der Waals surface area contributed by atoms with Gasteiger partial charge in [0.15, 0.2) is 11.9 Å². The quantitative estimate of drug-likeness (QED) is 0.639. The number of benzene rings is 1. The Labute approximate surface area is 97.4 Å². The molecule has 1 aromatic heterocycles. The monoisotopic (exact) mass is 212 g/mol. The molecule has 0 bridgehead atoms. The molecule has 0 fully saturated rings. The molecule has 0 saturated heterocycles. The number of pyridine rings is 1. The van der Waals surface area contributed by atoms with Crippen LogP contribution in [0.1, 0.15) is 22.4 Å². The number of hydrogen-bond donors (Lipinski definition) is 0. The summed E-state index contributed by atoms with van der Waals surface area (Å²) in [5.74, 6) is 0. The highest BCUT2D eigenvalue weighted by Crippen LogP contribution is 2.11. The summed E-state index contributed by atoms with van der Waals surface area (Å²) in [5, 5.41) is 0. The molecule has 0 spiro atoms. The Kier molecular flexibility index (Phi) is 2.78. The van der Waals surface area contributed by atoms with E-state index in [0.29, 0.717) is 0 Å². The molecule has 0 saturated carbocycles. The first-order valence-corrected chi connectivity index (χ1v) is 5.64. The Morgan fingerprint density at radius 1 is 0.812 bits per heavy atom. The molecule has 0 aliphatic rings. The zero-order valence-corrected chi connectivity index (χ0v) is 10.4. The van der Waals surface area contributed by atoms with Gasteiger partial charge in [-0.05, 0) is 32.4 Å². The summed E-state index contributed by atoms with van der Waals surface area (Å²) < 4.78 is 2.26. The lowest BCUT2D eigenvalue weighted by atomic mass is 10.1. The first-order chi connectivity index (χ1) is 7.58. The molecule has 0 radical (unpaired) electrons. The average Bonchev–Trinajstić information content (AvgIpc) is 2.25. The van der Waals surface area contributed by atoms with E-state index in [4.69, 9.17) is 0 Å². The van der Waals surface area contributed by atoms with Crippen LogP contribution in [0.2, 0.25) is 0 Å². The van der Waals surface area contributed by atoms with Gasteiger partial charge in [-0.15, -0.1) is 0 Å². The molecule has 0 aliphatic carbocycles. The lowest BCUT2D eigenvalue weighted by molar-refractivity contribution is -0.603. The van der Waals surface area contributed by atoms with Crippen LogP contribution in [0.25, 0.3) is 5.69 Å². The van der Waals surface area contributed by atoms with Crippen LogP contribution >= 0.6 is 0 Å². The molecule has 0 amide bonds. The predicted octanol–water partition coefficient (Wildman–Crippen LogP) is 3.20. The fraction of sp³-hybridized carbons (Fsp3) is 0.267. The van der Waals surface area contributed by atoms with Crippen LogP contribution in [0, 0.1) is 27.7 Å². The Bertz CT molecular complexity index is 477. The van der Waals surface area contributed by atoms with Crippen molar-refractivity contribution in [2.24, 2.45) is 0 Å². The van der Waals surface area contributed by atoms with Gasteiger partial charge in [-0.1, -0.05) is 12.1 Å². The molecule has 0 atom stereocenters. The van der Waals surface area contributed by atoms with Crippen LogP contribution in [-0.4, -0.2) is 0 Å². The fourth-order valence-corrected chi connectivity index (χ4v) is 1.92. The molecular weight excluding hydrogens is 194 g/mol. The fourth-order valence-electron chi connectivity index (χ4n) is 1.92. The summed E-state index contributed by atoms with van der Waals surface area (Å²) in [6.07, 6.45) is 2.19. The zero-order chi connectivity index (χ0) is 11.7. The smallest absolute Gasteiger partial charge is 0.164 e. The first kappa shape index (κ1) is 10.9. The standard InChI is InChI=1S/C15H18N/c1-11-5-7-13(3)15(9-11)16-10-12(2)6-8-14(16)4/h5-10H,1-4H3/q+1. The van der Waals surface area contributed by atoms with Gasteiger partial charge in [0.25, 0.3) is 0 Å². The second kappa shape index (κ2) is 4.09. The van der Waals surface area contributed by atoms with E-state index in [9.17, 15) is 0 Å². The van der Waals surface area contributed by atoms with Gasteiger partial charge in [-0.3, -0.25) is 0 Å². The van der Waals surface area contributed by atoms with Gasteiger partial charge in [0.1, 0.15) is 0 Å². The molecule has 2 aromatic rings. The van der Waals surface area contributed by atoms with Crippen molar-refractivity contribution in [3.05, 3.63) is 58.9 Å². The highest BCUT2D eigenvalue weighted by Gasteiger charge is 2.13. The molecule has 1 heteroatoms. The lowest BCUT2D eigenvalue weighted by Crippen LogP contribution is -2.35. The Morgan fingerprint density at radius 3 is 2.25 bits per heavy atom. The first-order valence-electron chi connectivity index (χ1n) is 5.64. The van der Waals surface area contributed by atoms with Crippen molar-refractivity contribution in [2.75, 3.05) is 0 Å². The van der Waals surface area contributed by atoms with Crippen LogP contribution in [0.15, 0.2) is 36.5 Å². The highest BCUT2D eigenvalue weighted by molar-refractivity contribution is 5.36. The minimum absolute atomic E-state index is 1.26. The largest absolute Gasteiger partial charge is 0.214 e. The van der Waals surface area contributed by atoms with Crippen molar-refractivity contribution in [1.29, 1.82) is 0 Å². The van der Waals surface area contributed by atoms with Gasteiger partial charge in [0.2, 0.25) is 5.69 Å². The van der Waals surface area contributed by atoms with Crippen molar-refractivity contribution in [3.8, 4) is 5.69 Å². The summed E-state index contributed by atoms with van der Waals surface area (Å²) in [6, 6.07) is 10.9. The van der Waals surface area contributed by atoms with Crippen LogP contribution in [-0.2, 0) is 0 Å². The molecular formula is C15H18N+. The molecule has 1 nitrogen and oxygen atoms in total. The molecule has 0 N–H and O–H groups in total. The van der Waals surface area contributed by atoms with Crippen LogP contribution in [0.5, 0.6) is 0 Å². The second-order valence-corrected chi connectivity index (χ2v) is 4.51. The number of rotatable bonds is 1. The lowest BCUT2D eigenvalue weighted by Gasteiger charge is -2.04. The summed E-state index contributed by atoms with van der Waals surface area (Å²) in [5.41, 5.74) is 6.44. The zero-order valence-electron chi connectivity index (χ0n) is 10.4. The molecule has 0 unspecified atom stereocenters. The van der Waals surface area contributed by atoms with Crippen LogP contribution in [0.4, 0.5) is 0 Å². The van der Waals surface area contributed by atoms with Crippen LogP contribution < -0.4 is 4.57 Å². The minimum atomic E-state index is 1.26. The van der Waals surface area contributed by atoms with E-state index in [1.807, 2.05) is 0 Å². The Morgan fingerprint density at radius 2 is 1.50 bits per heavy atom. The van der Waals surface area contributed by atoms with Crippen LogP contribution in [0.3, 0.4) is 0 Å². The number of aromatic nitrogens is 1. The predicted molar refractivity (Wildman–Crippen MR) is 66.9 cm³/mol. The third kappa shape index (κ3) is 1.99. The van der Waals surface area contributed by atoms with Gasteiger partial charge in [-0.25, -0.2) is 0 Å². The molecule has 1 aromatic carbocycles. The summed E-state index contributed by atoms with van der Waals surface area (Å²) in [4.78, 5) is 0. The topological polar surface area (TPSA) is 3.88 Å². The highest BCUT2D eigenvalue weighted by atomic mass is 15.0. The minimum Gasteiger partial charge on any atom is -0.164 e. The van der Waals surface area contributed by atoms with Crippen molar-refractivity contribution in [3.63, 3.8) is 0 Å². The Balaban J connectivity index is 2.66. The summed E-state index contributed by atoms with van der Waals surface area (Å²) >= 11 is 0. The second-order valence-electron chi connectivity index (χ2n) is 4.51. The van der Waals surface area contributed by atoms with E-state index >= 15 is 0 Å². The Hall–Kier alpha value is -1.63. The van der Waals surface area contributed by atoms with Gasteiger partial charge in [-0.2, -0.15) is 4.57 Å². The molecule has 0 aliphatic heterocycles. The van der Waals surface area contributed by atoms with Gasteiger partial charge < -0.3 is 0 Å². The van der Waals surface area contributed by atoms with Crippen molar-refractivity contribution < 1.29 is 4.57 Å². The molecule has 1 heterocycles. The number of nitrogens with zero attached hydrogens (tertiary/aromatic N) is 1. The molecule has 82 valence electrons. The maximum Gasteiger partial charge on any atom is 0.214 e. The molecule has 16 heavy (non-hydrogen) atoms. The van der Waals surface area contributed by atoms with Gasteiger partial charge >= 0.3 is 0 Å². The van der Waals surface area contributed by atoms with Gasteiger partial charge in [0, 0.05) is 30.2 Å².